The van der Waals surface area contributed by atoms with Gasteiger partial charge in [-0.05, 0) is 12.8 Å². The first-order valence-electron chi connectivity index (χ1n) is 16.4. The van der Waals surface area contributed by atoms with Crippen molar-refractivity contribution in [2.24, 2.45) is 0 Å². The van der Waals surface area contributed by atoms with Crippen LogP contribution >= 0.6 is 18.6 Å². The van der Waals surface area contributed by atoms with Crippen LogP contribution in [0, 0.1) is 0 Å². The molecule has 2 nitrogen and oxygen atoms in total. The van der Waals surface area contributed by atoms with Gasteiger partial charge in [0.05, 0.1) is 0 Å². The van der Waals surface area contributed by atoms with Crippen molar-refractivity contribution < 1.29 is 27.2 Å². The molecule has 0 aliphatic rings. The molecule has 0 aromatic rings. The molecule has 0 aliphatic heterocycles. The van der Waals surface area contributed by atoms with Gasteiger partial charge in [-0.15, -0.1) is 0 Å². The summed E-state index contributed by atoms with van der Waals surface area (Å²) >= 11 is -0.556. The van der Waals surface area contributed by atoms with Crippen molar-refractivity contribution in [1.82, 2.24) is 0 Å². The van der Waals surface area contributed by atoms with Gasteiger partial charge in [-0.3, -0.25) is 0 Å². The topological polar surface area (TPSA) is 40.5 Å². The summed E-state index contributed by atoms with van der Waals surface area (Å²) in [5.41, 5.74) is 0. The molecule has 0 aliphatic carbocycles. The first kappa shape index (κ1) is 42.7. The molecular weight excluding hydrogens is 535 g/mol. The van der Waals surface area contributed by atoms with E-state index in [9.17, 15) is 0 Å². The van der Waals surface area contributed by atoms with Crippen LogP contribution in [0.1, 0.15) is 194 Å². The van der Waals surface area contributed by atoms with E-state index in [0.717, 1.165) is 12.8 Å². The van der Waals surface area contributed by atoms with E-state index >= 15 is 0 Å². The molecule has 0 atom stereocenters. The molecular formula is C32H68Cl2O2Ti. The molecule has 2 N–H and O–H groups in total. The quantitative estimate of drug-likeness (QED) is 0.0690. The van der Waals surface area contributed by atoms with Gasteiger partial charge in [0.15, 0.2) is 0 Å². The zero-order valence-electron chi connectivity index (χ0n) is 25.4. The van der Waals surface area contributed by atoms with E-state index in [0.29, 0.717) is 13.2 Å². The second-order valence-electron chi connectivity index (χ2n) is 10.7. The summed E-state index contributed by atoms with van der Waals surface area (Å²) in [6.45, 7) is 5.30. The van der Waals surface area contributed by atoms with Crippen LogP contribution in [0.5, 0.6) is 0 Å². The molecule has 0 fully saturated rings. The van der Waals surface area contributed by atoms with Gasteiger partial charge < -0.3 is 10.2 Å². The summed E-state index contributed by atoms with van der Waals surface area (Å²) in [6, 6.07) is 0. The second-order valence-corrected chi connectivity index (χ2v) is 13.3. The first-order valence-corrected chi connectivity index (χ1v) is 20.7. The van der Waals surface area contributed by atoms with E-state index in [1.54, 1.807) is 0 Å². The van der Waals surface area contributed by atoms with Crippen LogP contribution < -0.4 is 0 Å². The summed E-state index contributed by atoms with van der Waals surface area (Å²) in [7, 11) is 9.78. The van der Waals surface area contributed by atoms with Crippen molar-refractivity contribution in [3.63, 3.8) is 0 Å². The number of unbranched alkanes of at least 4 members (excludes halogenated alkanes) is 26. The maximum atomic E-state index is 8.64. The van der Waals surface area contributed by atoms with Crippen LogP contribution in [0.25, 0.3) is 0 Å². The summed E-state index contributed by atoms with van der Waals surface area (Å²) in [6.07, 6.45) is 38.4. The number of aliphatic hydroxyl groups excluding tert-OH is 2. The standard InChI is InChI=1S/2C16H34O.2ClH.Ti/c2*1-2-3-4-5-6-7-8-9-10-11-12-13-14-15-16-17;;;/h2*17H,2-16H2,1H3;2*1H;/q;;;;+2/p-2. The van der Waals surface area contributed by atoms with E-state index < -0.39 is 17.0 Å². The fourth-order valence-corrected chi connectivity index (χ4v) is 4.61. The number of halogens is 2. The molecule has 226 valence electrons. The SMILES string of the molecule is CCCCCCCCCCCCCCCCO.CCCCCCCCCCCCCCCCO.[Cl][Ti][Cl]. The minimum atomic E-state index is -0.556. The Morgan fingerprint density at radius 1 is 0.324 bits per heavy atom. The molecule has 5 heteroatoms. The Kier molecular flexibility index (Phi) is 54.2. The number of aliphatic hydroxyl groups is 2. The van der Waals surface area contributed by atoms with E-state index in [1.807, 2.05) is 0 Å². The molecule has 0 spiro atoms. The van der Waals surface area contributed by atoms with Crippen molar-refractivity contribution in [1.29, 1.82) is 0 Å². The number of rotatable bonds is 28. The molecule has 0 rings (SSSR count). The zero-order valence-corrected chi connectivity index (χ0v) is 28.4. The van der Waals surface area contributed by atoms with Crippen molar-refractivity contribution in [2.45, 2.75) is 194 Å². The summed E-state index contributed by atoms with van der Waals surface area (Å²) in [5, 5.41) is 17.3. The van der Waals surface area contributed by atoms with Crippen molar-refractivity contribution in [3.8, 4) is 0 Å². The van der Waals surface area contributed by atoms with Crippen LogP contribution in [0.3, 0.4) is 0 Å². The molecule has 0 saturated heterocycles. The average Bonchev–Trinajstić information content (AvgIpc) is 2.90. The normalized spacial score (nSPS) is 10.4. The van der Waals surface area contributed by atoms with Gasteiger partial charge >= 0.3 is 35.6 Å². The fraction of sp³-hybridized carbons (Fsp3) is 1.00. The Labute approximate surface area is 251 Å². The van der Waals surface area contributed by atoms with Gasteiger partial charge in [0, 0.05) is 13.2 Å². The van der Waals surface area contributed by atoms with Gasteiger partial charge in [-0.25, -0.2) is 0 Å². The van der Waals surface area contributed by atoms with Crippen molar-refractivity contribution >= 4 is 18.6 Å². The molecule has 0 saturated carbocycles. The molecule has 37 heavy (non-hydrogen) atoms. The summed E-state index contributed by atoms with van der Waals surface area (Å²) in [5.74, 6) is 0. The predicted molar refractivity (Wildman–Crippen MR) is 167 cm³/mol. The fourth-order valence-electron chi connectivity index (χ4n) is 4.61. The van der Waals surface area contributed by atoms with Gasteiger partial charge in [0.2, 0.25) is 0 Å². The predicted octanol–water partition coefficient (Wildman–Crippen LogP) is 12.3. The van der Waals surface area contributed by atoms with Gasteiger partial charge in [-0.1, -0.05) is 181 Å². The molecule has 0 aromatic heterocycles. The summed E-state index contributed by atoms with van der Waals surface area (Å²) < 4.78 is 0. The molecule has 0 unspecified atom stereocenters. The second kappa shape index (κ2) is 47.0. The Bertz CT molecular complexity index is 278. The van der Waals surface area contributed by atoms with Crippen LogP contribution in [-0.2, 0) is 17.0 Å². The Morgan fingerprint density at radius 3 is 0.595 bits per heavy atom. The van der Waals surface area contributed by atoms with Crippen LogP contribution in [0.4, 0.5) is 0 Å². The average molecular weight is 604 g/mol. The zero-order chi connectivity index (χ0) is 27.9. The van der Waals surface area contributed by atoms with Crippen LogP contribution in [0.15, 0.2) is 0 Å². The van der Waals surface area contributed by atoms with Crippen molar-refractivity contribution in [3.05, 3.63) is 0 Å². The van der Waals surface area contributed by atoms with E-state index in [4.69, 9.17) is 28.8 Å². The van der Waals surface area contributed by atoms with Gasteiger partial charge in [-0.2, -0.15) is 0 Å². The molecule has 0 radical (unpaired) electrons. The molecule has 0 amide bonds. The van der Waals surface area contributed by atoms with Crippen LogP contribution in [-0.4, -0.2) is 23.4 Å². The first-order chi connectivity index (χ1) is 18.2. The van der Waals surface area contributed by atoms with E-state index in [-0.39, 0.29) is 0 Å². The molecule has 0 bridgehead atoms. The molecule has 0 aromatic carbocycles. The maximum absolute atomic E-state index is 8.64. The third kappa shape index (κ3) is 54.1. The monoisotopic (exact) mass is 602 g/mol. The number of hydrogen-bond donors (Lipinski definition) is 2. The van der Waals surface area contributed by atoms with E-state index in [2.05, 4.69) is 13.8 Å². The van der Waals surface area contributed by atoms with Gasteiger partial charge in [0.25, 0.3) is 0 Å². The summed E-state index contributed by atoms with van der Waals surface area (Å²) in [4.78, 5) is 0. The van der Waals surface area contributed by atoms with E-state index in [1.165, 1.54) is 167 Å². The minimum absolute atomic E-state index is 0.373. The van der Waals surface area contributed by atoms with Gasteiger partial charge in [0.1, 0.15) is 0 Å². The third-order valence-electron chi connectivity index (χ3n) is 7.02. The molecule has 0 heterocycles. The van der Waals surface area contributed by atoms with Crippen LogP contribution in [0.2, 0.25) is 0 Å². The Morgan fingerprint density at radius 2 is 0.459 bits per heavy atom. The Balaban J connectivity index is -0.000000564. The number of hydrogen-bond acceptors (Lipinski definition) is 2. The van der Waals surface area contributed by atoms with Crippen molar-refractivity contribution in [2.75, 3.05) is 13.2 Å². The Hall–Kier alpha value is 1.21. The third-order valence-corrected chi connectivity index (χ3v) is 7.02.